The van der Waals surface area contributed by atoms with E-state index in [4.69, 9.17) is 0 Å². The van der Waals surface area contributed by atoms with Gasteiger partial charge >= 0.3 is 0 Å². The standard InChI is InChI=1S/C14H18N2/c1-10-4-5-14-12(7-10)13(9-16-14)11-3-2-6-15-8-11/h4-5,7,9,11,15-16H,2-3,6,8H2,1H3. The van der Waals surface area contributed by atoms with Crippen molar-refractivity contribution < 1.29 is 0 Å². The summed E-state index contributed by atoms with van der Waals surface area (Å²) in [6.45, 7) is 4.47. The van der Waals surface area contributed by atoms with Crippen molar-refractivity contribution in [2.75, 3.05) is 13.1 Å². The number of aromatic amines is 1. The minimum absolute atomic E-state index is 0.685. The zero-order chi connectivity index (χ0) is 11.0. The van der Waals surface area contributed by atoms with Gasteiger partial charge in [-0.15, -0.1) is 0 Å². The number of hydrogen-bond donors (Lipinski definition) is 2. The summed E-state index contributed by atoms with van der Waals surface area (Å²) in [7, 11) is 0. The Morgan fingerprint density at radius 2 is 2.25 bits per heavy atom. The summed E-state index contributed by atoms with van der Waals surface area (Å²) in [5, 5.41) is 4.90. The molecule has 2 N–H and O–H groups in total. The quantitative estimate of drug-likeness (QED) is 0.750. The van der Waals surface area contributed by atoms with E-state index in [1.165, 1.54) is 41.4 Å². The van der Waals surface area contributed by atoms with Gasteiger partial charge in [0.2, 0.25) is 0 Å². The lowest BCUT2D eigenvalue weighted by molar-refractivity contribution is 0.463. The maximum absolute atomic E-state index is 3.49. The van der Waals surface area contributed by atoms with Crippen molar-refractivity contribution >= 4 is 10.9 Å². The predicted molar refractivity (Wildman–Crippen MR) is 67.9 cm³/mol. The molecule has 1 aliphatic heterocycles. The Bertz CT molecular complexity index is 492. The topological polar surface area (TPSA) is 27.8 Å². The summed E-state index contributed by atoms with van der Waals surface area (Å²) in [6.07, 6.45) is 4.80. The molecule has 0 radical (unpaired) electrons. The van der Waals surface area contributed by atoms with Gasteiger partial charge in [-0.25, -0.2) is 0 Å². The fourth-order valence-corrected chi connectivity index (χ4v) is 2.71. The van der Waals surface area contributed by atoms with Crippen molar-refractivity contribution in [1.29, 1.82) is 0 Å². The zero-order valence-electron chi connectivity index (χ0n) is 9.72. The number of rotatable bonds is 1. The Kier molecular flexibility index (Phi) is 2.44. The molecule has 2 heterocycles. The molecule has 0 bridgehead atoms. The smallest absolute Gasteiger partial charge is 0.0457 e. The summed E-state index contributed by atoms with van der Waals surface area (Å²) in [5.41, 5.74) is 4.11. The maximum Gasteiger partial charge on any atom is 0.0457 e. The lowest BCUT2D eigenvalue weighted by Crippen LogP contribution is -2.28. The largest absolute Gasteiger partial charge is 0.361 e. The van der Waals surface area contributed by atoms with E-state index >= 15 is 0 Å². The van der Waals surface area contributed by atoms with Crippen LogP contribution in [0.5, 0.6) is 0 Å². The van der Waals surface area contributed by atoms with Crippen LogP contribution in [0.25, 0.3) is 10.9 Å². The highest BCUT2D eigenvalue weighted by Crippen LogP contribution is 2.30. The average Bonchev–Trinajstić information content (AvgIpc) is 2.73. The first-order valence-corrected chi connectivity index (χ1v) is 6.13. The number of H-pyrrole nitrogens is 1. The van der Waals surface area contributed by atoms with Crippen LogP contribution < -0.4 is 5.32 Å². The molecule has 1 aliphatic rings. The van der Waals surface area contributed by atoms with Crippen molar-refractivity contribution in [3.63, 3.8) is 0 Å². The Labute approximate surface area is 96.1 Å². The Balaban J connectivity index is 2.05. The number of aryl methyl sites for hydroxylation is 1. The van der Waals surface area contributed by atoms with Crippen molar-refractivity contribution in [2.24, 2.45) is 0 Å². The summed E-state index contributed by atoms with van der Waals surface area (Å²) >= 11 is 0. The molecule has 0 saturated carbocycles. The minimum Gasteiger partial charge on any atom is -0.361 e. The first kappa shape index (κ1) is 9.91. The van der Waals surface area contributed by atoms with E-state index in [0.29, 0.717) is 5.92 Å². The fourth-order valence-electron chi connectivity index (χ4n) is 2.71. The van der Waals surface area contributed by atoms with E-state index in [1.807, 2.05) is 0 Å². The van der Waals surface area contributed by atoms with Gasteiger partial charge in [-0.3, -0.25) is 0 Å². The first-order chi connectivity index (χ1) is 7.84. The molecule has 84 valence electrons. The highest BCUT2D eigenvalue weighted by atomic mass is 14.9. The van der Waals surface area contributed by atoms with E-state index < -0.39 is 0 Å². The number of aromatic nitrogens is 1. The molecular weight excluding hydrogens is 196 g/mol. The molecular formula is C14H18N2. The summed E-state index contributed by atoms with van der Waals surface area (Å²) < 4.78 is 0. The summed E-state index contributed by atoms with van der Waals surface area (Å²) in [5.74, 6) is 0.685. The van der Waals surface area contributed by atoms with Crippen molar-refractivity contribution in [1.82, 2.24) is 10.3 Å². The van der Waals surface area contributed by atoms with E-state index in [-0.39, 0.29) is 0 Å². The first-order valence-electron chi connectivity index (χ1n) is 6.13. The second-order valence-electron chi connectivity index (χ2n) is 4.84. The third kappa shape index (κ3) is 1.63. The molecule has 1 aromatic heterocycles. The molecule has 0 amide bonds. The van der Waals surface area contributed by atoms with Crippen LogP contribution in [-0.4, -0.2) is 18.1 Å². The molecule has 3 rings (SSSR count). The Morgan fingerprint density at radius 3 is 3.06 bits per heavy atom. The lowest BCUT2D eigenvalue weighted by Gasteiger charge is -2.22. The third-order valence-electron chi connectivity index (χ3n) is 3.61. The average molecular weight is 214 g/mol. The third-order valence-corrected chi connectivity index (χ3v) is 3.61. The van der Waals surface area contributed by atoms with Gasteiger partial charge in [-0.2, -0.15) is 0 Å². The molecule has 1 unspecified atom stereocenters. The van der Waals surface area contributed by atoms with Crippen LogP contribution >= 0.6 is 0 Å². The van der Waals surface area contributed by atoms with Gasteiger partial charge in [0.05, 0.1) is 0 Å². The van der Waals surface area contributed by atoms with Crippen molar-refractivity contribution in [3.8, 4) is 0 Å². The van der Waals surface area contributed by atoms with Gasteiger partial charge < -0.3 is 10.3 Å². The summed E-state index contributed by atoms with van der Waals surface area (Å²) in [4.78, 5) is 3.38. The molecule has 1 fully saturated rings. The van der Waals surface area contributed by atoms with Crippen LogP contribution in [0.2, 0.25) is 0 Å². The van der Waals surface area contributed by atoms with Crippen LogP contribution in [0.15, 0.2) is 24.4 Å². The molecule has 0 aliphatic carbocycles. The van der Waals surface area contributed by atoms with E-state index in [1.54, 1.807) is 0 Å². The lowest BCUT2D eigenvalue weighted by atomic mass is 9.91. The van der Waals surface area contributed by atoms with Gasteiger partial charge in [0.15, 0.2) is 0 Å². The molecule has 1 atom stereocenters. The van der Waals surface area contributed by atoms with Gasteiger partial charge in [0, 0.05) is 23.6 Å². The number of benzene rings is 1. The molecule has 0 spiro atoms. The second kappa shape index (κ2) is 3.95. The number of fused-ring (bicyclic) bond motifs is 1. The van der Waals surface area contributed by atoms with Crippen molar-refractivity contribution in [3.05, 3.63) is 35.5 Å². The number of nitrogens with one attached hydrogen (secondary N) is 2. The highest BCUT2D eigenvalue weighted by Gasteiger charge is 2.18. The Morgan fingerprint density at radius 1 is 1.31 bits per heavy atom. The minimum atomic E-state index is 0.685. The predicted octanol–water partition coefficient (Wildman–Crippen LogP) is 2.94. The molecule has 1 aromatic carbocycles. The van der Waals surface area contributed by atoms with Gasteiger partial charge in [0.1, 0.15) is 0 Å². The van der Waals surface area contributed by atoms with E-state index in [2.05, 4.69) is 41.6 Å². The SMILES string of the molecule is Cc1ccc2[nH]cc(C3CCCNC3)c2c1. The molecule has 2 aromatic rings. The van der Waals surface area contributed by atoms with Crippen LogP contribution in [0.3, 0.4) is 0 Å². The highest BCUT2D eigenvalue weighted by molar-refractivity contribution is 5.84. The molecule has 1 saturated heterocycles. The molecule has 2 nitrogen and oxygen atoms in total. The molecule has 2 heteroatoms. The fraction of sp³-hybridized carbons (Fsp3) is 0.429. The zero-order valence-corrected chi connectivity index (χ0v) is 9.72. The van der Waals surface area contributed by atoms with Gasteiger partial charge in [0.25, 0.3) is 0 Å². The number of hydrogen-bond acceptors (Lipinski definition) is 1. The van der Waals surface area contributed by atoms with Crippen LogP contribution in [0, 0.1) is 6.92 Å². The second-order valence-corrected chi connectivity index (χ2v) is 4.84. The van der Waals surface area contributed by atoms with Gasteiger partial charge in [-0.05, 0) is 49.9 Å². The Hall–Kier alpha value is -1.28. The number of piperidine rings is 1. The van der Waals surface area contributed by atoms with Crippen molar-refractivity contribution in [2.45, 2.75) is 25.7 Å². The normalized spacial score (nSPS) is 21.4. The van der Waals surface area contributed by atoms with Crippen LogP contribution in [0.4, 0.5) is 0 Å². The van der Waals surface area contributed by atoms with Gasteiger partial charge in [-0.1, -0.05) is 11.6 Å². The van der Waals surface area contributed by atoms with Crippen LogP contribution in [0.1, 0.15) is 29.9 Å². The molecule has 16 heavy (non-hydrogen) atoms. The van der Waals surface area contributed by atoms with Crippen LogP contribution in [-0.2, 0) is 0 Å². The summed E-state index contributed by atoms with van der Waals surface area (Å²) in [6, 6.07) is 6.65. The monoisotopic (exact) mass is 214 g/mol. The van der Waals surface area contributed by atoms with E-state index in [0.717, 1.165) is 6.54 Å². The van der Waals surface area contributed by atoms with E-state index in [9.17, 15) is 0 Å². The maximum atomic E-state index is 3.49.